The summed E-state index contributed by atoms with van der Waals surface area (Å²) in [4.78, 5) is 0. The average molecular weight is 227 g/mol. The van der Waals surface area contributed by atoms with Crippen molar-refractivity contribution in [2.45, 2.75) is 25.5 Å². The van der Waals surface area contributed by atoms with Gasteiger partial charge >= 0.3 is 0 Å². The van der Waals surface area contributed by atoms with Gasteiger partial charge in [0.2, 0.25) is 0 Å². The predicted octanol–water partition coefficient (Wildman–Crippen LogP) is 1.23. The summed E-state index contributed by atoms with van der Waals surface area (Å²) in [6.45, 7) is 4.97. The highest BCUT2D eigenvalue weighted by Crippen LogP contribution is 2.13. The van der Waals surface area contributed by atoms with Crippen molar-refractivity contribution in [3.05, 3.63) is 23.9 Å². The maximum atomic E-state index is 11.3. The van der Waals surface area contributed by atoms with Gasteiger partial charge in [-0.05, 0) is 32.8 Å². The lowest BCUT2D eigenvalue weighted by Gasteiger charge is -2.13. The summed E-state index contributed by atoms with van der Waals surface area (Å²) in [7, 11) is -3.19. The summed E-state index contributed by atoms with van der Waals surface area (Å²) in [6, 6.07) is 0. The fourth-order valence-electron chi connectivity index (χ4n) is 0.557. The maximum Gasteiger partial charge on any atom is 0.163 e. The number of rotatable bonds is 2. The Hall–Kier alpha value is -1.21. The zero-order valence-corrected chi connectivity index (χ0v) is 10.4. The van der Waals surface area contributed by atoms with Gasteiger partial charge in [0.25, 0.3) is 0 Å². The fourth-order valence-corrected chi connectivity index (χ4v) is 0.793. The third-order valence-corrected chi connectivity index (χ3v) is 3.86. The molecule has 0 aromatic heterocycles. The minimum absolute atomic E-state index is 0.352. The van der Waals surface area contributed by atoms with Crippen molar-refractivity contribution >= 4 is 9.84 Å². The lowest BCUT2D eigenvalue weighted by Crippen LogP contribution is -2.28. The molecule has 0 spiro atoms. The minimum atomic E-state index is -3.19. The number of nitrogens with two attached hydrogens (primary N) is 1. The molecule has 15 heavy (non-hydrogen) atoms. The van der Waals surface area contributed by atoms with Crippen molar-refractivity contribution in [2.75, 3.05) is 6.26 Å². The van der Waals surface area contributed by atoms with Crippen molar-refractivity contribution < 1.29 is 8.42 Å². The molecule has 0 bridgehead atoms. The highest BCUT2D eigenvalue weighted by molar-refractivity contribution is 7.92. The van der Waals surface area contributed by atoms with E-state index in [0.717, 1.165) is 6.26 Å². The van der Waals surface area contributed by atoms with Gasteiger partial charge in [-0.1, -0.05) is 18.1 Å². The highest BCUT2D eigenvalue weighted by Gasteiger charge is 2.27. The Morgan fingerprint density at radius 2 is 1.93 bits per heavy atom. The highest BCUT2D eigenvalue weighted by atomic mass is 32.2. The van der Waals surface area contributed by atoms with Gasteiger partial charge in [-0.25, -0.2) is 8.42 Å². The first-order valence-electron chi connectivity index (χ1n) is 4.52. The van der Waals surface area contributed by atoms with E-state index in [0.29, 0.717) is 5.70 Å². The lowest BCUT2D eigenvalue weighted by molar-refractivity contribution is 0.581. The number of sulfone groups is 1. The molecule has 0 atom stereocenters. The molecule has 0 fully saturated rings. The third kappa shape index (κ3) is 4.71. The molecule has 0 unspecified atom stereocenters. The van der Waals surface area contributed by atoms with Crippen LogP contribution in [0.15, 0.2) is 23.9 Å². The van der Waals surface area contributed by atoms with Crippen LogP contribution in [0, 0.1) is 11.8 Å². The van der Waals surface area contributed by atoms with Gasteiger partial charge in [-0.15, -0.1) is 0 Å². The lowest BCUT2D eigenvalue weighted by atomic mass is 10.2. The molecule has 84 valence electrons. The van der Waals surface area contributed by atoms with Gasteiger partial charge in [0.05, 0.1) is 5.70 Å². The molecule has 0 aromatic rings. The Morgan fingerprint density at radius 1 is 1.40 bits per heavy atom. The Kier molecular flexibility index (Phi) is 4.63. The van der Waals surface area contributed by atoms with Crippen molar-refractivity contribution in [1.82, 2.24) is 0 Å². The first-order chi connectivity index (χ1) is 6.70. The second kappa shape index (κ2) is 5.04. The molecule has 2 N–H and O–H groups in total. The van der Waals surface area contributed by atoms with E-state index >= 15 is 0 Å². The van der Waals surface area contributed by atoms with E-state index in [9.17, 15) is 8.42 Å². The Balaban J connectivity index is 4.98. The van der Waals surface area contributed by atoms with E-state index < -0.39 is 14.6 Å². The Bertz CT molecular complexity index is 431. The van der Waals surface area contributed by atoms with Crippen LogP contribution in [0.4, 0.5) is 0 Å². The van der Waals surface area contributed by atoms with Gasteiger partial charge in [0, 0.05) is 6.26 Å². The van der Waals surface area contributed by atoms with Gasteiger partial charge in [0.1, 0.15) is 4.75 Å². The van der Waals surface area contributed by atoms with Crippen molar-refractivity contribution in [3.63, 3.8) is 0 Å². The Labute approximate surface area is 92.0 Å². The molecule has 0 amide bonds. The summed E-state index contributed by atoms with van der Waals surface area (Å²) < 4.78 is 21.5. The van der Waals surface area contributed by atoms with Gasteiger partial charge < -0.3 is 5.73 Å². The second-order valence-corrected chi connectivity index (χ2v) is 6.25. The minimum Gasteiger partial charge on any atom is -0.392 e. The first kappa shape index (κ1) is 13.8. The number of allylic oxidation sites excluding steroid dienone is 4. The molecular formula is C11H17NO2S. The molecular weight excluding hydrogens is 210 g/mol. The monoisotopic (exact) mass is 227 g/mol. The fraction of sp³-hybridized carbons (Fsp3) is 0.455. The zero-order valence-electron chi connectivity index (χ0n) is 9.53. The first-order valence-corrected chi connectivity index (χ1v) is 6.41. The zero-order chi connectivity index (χ0) is 12.1. The summed E-state index contributed by atoms with van der Waals surface area (Å²) >= 11 is 0. The number of hydrogen-bond acceptors (Lipinski definition) is 3. The van der Waals surface area contributed by atoms with Gasteiger partial charge in [0.15, 0.2) is 9.84 Å². The topological polar surface area (TPSA) is 60.2 Å². The van der Waals surface area contributed by atoms with Crippen LogP contribution in [0.3, 0.4) is 0 Å². The quantitative estimate of drug-likeness (QED) is 0.570. The molecule has 0 saturated heterocycles. The molecule has 0 saturated carbocycles. The van der Waals surface area contributed by atoms with E-state index in [1.54, 1.807) is 26.0 Å². The molecule has 3 nitrogen and oxygen atoms in total. The number of hydrogen-bond donors (Lipinski definition) is 1. The molecule has 0 heterocycles. The molecule has 0 radical (unpaired) electrons. The standard InChI is InChI=1S/C11H17NO2S/c1-5-6-7-10(12)8-9-11(2,3)15(4,13)14/h5-7H,12H2,1-4H3/b6-5+,10-7-. The van der Waals surface area contributed by atoms with Crippen LogP contribution in [0.5, 0.6) is 0 Å². The van der Waals surface area contributed by atoms with E-state index in [2.05, 4.69) is 11.8 Å². The van der Waals surface area contributed by atoms with E-state index in [4.69, 9.17) is 5.73 Å². The third-order valence-electron chi connectivity index (χ3n) is 1.90. The molecule has 0 aliphatic carbocycles. The summed E-state index contributed by atoms with van der Waals surface area (Å²) in [5.74, 6) is 5.27. The smallest absolute Gasteiger partial charge is 0.163 e. The van der Waals surface area contributed by atoms with Crippen LogP contribution in [0.2, 0.25) is 0 Å². The average Bonchev–Trinajstić information content (AvgIpc) is 2.09. The molecule has 0 aliphatic rings. The van der Waals surface area contributed by atoms with Crippen LogP contribution in [0.1, 0.15) is 20.8 Å². The Morgan fingerprint density at radius 3 is 2.33 bits per heavy atom. The maximum absolute atomic E-state index is 11.3. The SMILES string of the molecule is C/C=C/C=C(\N)C#CC(C)(C)S(C)(=O)=O. The summed E-state index contributed by atoms with van der Waals surface area (Å²) in [6.07, 6.45) is 6.35. The van der Waals surface area contributed by atoms with Gasteiger partial charge in [-0.2, -0.15) is 0 Å². The van der Waals surface area contributed by atoms with Crippen LogP contribution >= 0.6 is 0 Å². The van der Waals surface area contributed by atoms with Crippen LogP contribution in [-0.2, 0) is 9.84 Å². The van der Waals surface area contributed by atoms with Crippen LogP contribution < -0.4 is 5.73 Å². The van der Waals surface area contributed by atoms with E-state index in [1.165, 1.54) is 0 Å². The van der Waals surface area contributed by atoms with Gasteiger partial charge in [-0.3, -0.25) is 0 Å². The van der Waals surface area contributed by atoms with Crippen molar-refractivity contribution in [1.29, 1.82) is 0 Å². The second-order valence-electron chi connectivity index (χ2n) is 3.68. The van der Waals surface area contributed by atoms with Crippen LogP contribution in [-0.4, -0.2) is 19.4 Å². The summed E-state index contributed by atoms with van der Waals surface area (Å²) in [5.41, 5.74) is 5.90. The molecule has 0 rings (SSSR count). The molecule has 4 heteroatoms. The van der Waals surface area contributed by atoms with E-state index in [-0.39, 0.29) is 0 Å². The molecule has 0 aromatic carbocycles. The van der Waals surface area contributed by atoms with Crippen molar-refractivity contribution in [3.8, 4) is 11.8 Å². The predicted molar refractivity (Wildman–Crippen MR) is 63.8 cm³/mol. The summed E-state index contributed by atoms with van der Waals surface area (Å²) in [5, 5.41) is 0. The molecule has 0 aliphatic heterocycles. The van der Waals surface area contributed by atoms with Crippen LogP contribution in [0.25, 0.3) is 0 Å². The normalized spacial score (nSPS) is 13.7. The van der Waals surface area contributed by atoms with Crippen molar-refractivity contribution in [2.24, 2.45) is 5.73 Å². The largest absolute Gasteiger partial charge is 0.392 e. The van der Waals surface area contributed by atoms with E-state index in [1.807, 2.05) is 13.0 Å².